The number of nitrogens with zero attached hydrogens (tertiary/aromatic N) is 1. The maximum absolute atomic E-state index is 13.1. The molecule has 45 heavy (non-hydrogen) atoms. The summed E-state index contributed by atoms with van der Waals surface area (Å²) in [5.74, 6) is -1.72. The Balaban J connectivity index is -0.00000204. The molecular weight excluding hydrogens is 661 g/mol. The molecule has 0 unspecified atom stereocenters. The molecule has 0 heterocycles. The number of benzene rings is 2. The van der Waals surface area contributed by atoms with Crippen molar-refractivity contribution in [1.82, 2.24) is 11.5 Å². The molecular formula is C28H38N5Na2O7S3-. The summed E-state index contributed by atoms with van der Waals surface area (Å²) in [5.41, 5.74) is 1.06. The topological polar surface area (TPSA) is 205 Å². The predicted octanol–water partition coefficient (Wildman–Crippen LogP) is -0.654. The first-order valence-electron chi connectivity index (χ1n) is 12.8. The molecule has 2 aromatic rings. The second-order valence-corrected chi connectivity index (χ2v) is 12.7. The number of sulfonamides is 1. The van der Waals surface area contributed by atoms with E-state index in [1.54, 1.807) is 26.2 Å². The van der Waals surface area contributed by atoms with Crippen molar-refractivity contribution in [1.29, 1.82) is 0 Å². The maximum Gasteiger partial charge on any atom is 1.00 e. The smallest absolute Gasteiger partial charge is 0.542 e. The third kappa shape index (κ3) is 17.7. The number of carbonyl (C=O) groups is 2. The second kappa shape index (κ2) is 22.8. The third-order valence-corrected chi connectivity index (χ3v) is 7.13. The largest absolute Gasteiger partial charge is 1.00 e. The van der Waals surface area contributed by atoms with Crippen LogP contribution in [0.25, 0.3) is 16.9 Å². The van der Waals surface area contributed by atoms with Crippen LogP contribution in [0.4, 0.5) is 11.4 Å². The Morgan fingerprint density at radius 1 is 0.911 bits per heavy atom. The molecule has 0 atom stereocenters. The van der Waals surface area contributed by atoms with Gasteiger partial charge in [0.2, 0.25) is 5.91 Å². The first-order valence-corrected chi connectivity index (χ1v) is 15.7. The minimum atomic E-state index is -4.42. The van der Waals surface area contributed by atoms with E-state index >= 15 is 0 Å². The van der Waals surface area contributed by atoms with E-state index in [9.17, 15) is 31.2 Å². The zero-order valence-electron chi connectivity index (χ0n) is 27.1. The molecule has 0 aliphatic rings. The van der Waals surface area contributed by atoms with Crippen LogP contribution in [0.3, 0.4) is 0 Å². The van der Waals surface area contributed by atoms with Crippen LogP contribution < -0.4 is 81.2 Å². The Hall–Kier alpha value is -1.66. The van der Waals surface area contributed by atoms with Gasteiger partial charge in [-0.2, -0.15) is 0 Å². The van der Waals surface area contributed by atoms with Crippen molar-refractivity contribution in [3.05, 3.63) is 52.2 Å². The van der Waals surface area contributed by atoms with Gasteiger partial charge in [-0.3, -0.25) is 11.1 Å². The number of amides is 2. The molecule has 0 spiro atoms. The number of hydrogen-bond donors (Lipinski definition) is 4. The van der Waals surface area contributed by atoms with Gasteiger partial charge in [0.15, 0.2) is 5.11 Å². The molecule has 0 radical (unpaired) electrons. The van der Waals surface area contributed by atoms with E-state index in [2.05, 4.69) is 20.7 Å². The van der Waals surface area contributed by atoms with Gasteiger partial charge in [-0.1, -0.05) is 62.9 Å². The van der Waals surface area contributed by atoms with Gasteiger partial charge in [0.25, 0.3) is 0 Å². The van der Waals surface area contributed by atoms with Crippen molar-refractivity contribution in [2.75, 3.05) is 10.6 Å². The Morgan fingerprint density at radius 2 is 1.40 bits per heavy atom. The van der Waals surface area contributed by atoms with Crippen LogP contribution in [0, 0.1) is 11.8 Å². The Morgan fingerprint density at radius 3 is 1.84 bits per heavy atom. The van der Waals surface area contributed by atoms with Crippen molar-refractivity contribution >= 4 is 79.7 Å². The monoisotopic (exact) mass is 698 g/mol. The second-order valence-electron chi connectivity index (χ2n) is 9.84. The molecule has 2 amide bonds. The van der Waals surface area contributed by atoms with Crippen LogP contribution in [0.1, 0.15) is 59.6 Å². The summed E-state index contributed by atoms with van der Waals surface area (Å²) < 4.78 is 53.2. The molecule has 17 heteroatoms. The summed E-state index contributed by atoms with van der Waals surface area (Å²) >= 11 is 5.23. The first-order chi connectivity index (χ1) is 19.5. The average Bonchev–Trinajstić information content (AvgIpc) is 2.87. The summed E-state index contributed by atoms with van der Waals surface area (Å²) in [5, 5.41) is 8.67. The minimum Gasteiger partial charge on any atom is -0.542 e. The van der Waals surface area contributed by atoms with Gasteiger partial charge in [0, 0.05) is 24.3 Å². The zero-order valence-corrected chi connectivity index (χ0v) is 33.5. The van der Waals surface area contributed by atoms with Crippen molar-refractivity contribution in [3.8, 4) is 0 Å². The molecule has 0 fully saturated rings. The summed E-state index contributed by atoms with van der Waals surface area (Å²) in [4.78, 5) is 32.4. The molecule has 2 rings (SSSR count). The summed E-state index contributed by atoms with van der Waals surface area (Å²) in [6.45, 7) is 11.7. The fourth-order valence-corrected chi connectivity index (χ4v) is 5.11. The summed E-state index contributed by atoms with van der Waals surface area (Å²) in [7, 11) is -7.06. The zero-order chi connectivity index (χ0) is 32.2. The Labute approximate surface area is 317 Å². The van der Waals surface area contributed by atoms with Crippen LogP contribution in [0.2, 0.25) is 0 Å². The van der Waals surface area contributed by atoms with Crippen molar-refractivity contribution in [2.24, 2.45) is 11.8 Å². The van der Waals surface area contributed by atoms with E-state index in [-0.39, 0.29) is 109 Å². The number of anilines is 2. The molecule has 0 aromatic heterocycles. The molecule has 0 aliphatic heterocycles. The molecule has 0 saturated heterocycles. The van der Waals surface area contributed by atoms with Gasteiger partial charge in [-0.25, -0.2) is 8.42 Å². The molecule has 0 bridgehead atoms. The average molecular weight is 699 g/mol. The van der Waals surface area contributed by atoms with Crippen LogP contribution in [0.15, 0.2) is 46.2 Å². The van der Waals surface area contributed by atoms with Crippen molar-refractivity contribution < 1.29 is 90.3 Å². The maximum atomic E-state index is 13.1. The number of rotatable bonds is 10. The van der Waals surface area contributed by atoms with Crippen molar-refractivity contribution in [2.45, 2.75) is 64.3 Å². The van der Waals surface area contributed by atoms with Gasteiger partial charge in [-0.05, 0) is 72.0 Å². The van der Waals surface area contributed by atoms with Crippen LogP contribution in [-0.2, 0) is 43.5 Å². The SMILES string of the molecule is CC(=O)Nc1ccc(/C=C/c2ccc(NC(=S)NC(C)C)cc2S(=O)(=O)[N-]C(=O)C(C)C)c([S-](=O)=O)c1.CC(C)[C-]=O.N.[Na+].[Na+]. The van der Waals surface area contributed by atoms with Crippen LogP contribution >= 0.6 is 12.2 Å². The van der Waals surface area contributed by atoms with Gasteiger partial charge in [0.1, 0.15) is 10.0 Å². The summed E-state index contributed by atoms with van der Waals surface area (Å²) in [6, 6.07) is 8.69. The van der Waals surface area contributed by atoms with E-state index in [4.69, 9.17) is 12.2 Å². The fourth-order valence-electron chi connectivity index (χ4n) is 2.95. The fraction of sp³-hybridized carbons (Fsp3) is 0.357. The molecule has 12 nitrogen and oxygen atoms in total. The number of carbonyl (C=O) groups excluding carboxylic acids is 3. The van der Waals surface area contributed by atoms with E-state index < -0.39 is 32.6 Å². The van der Waals surface area contributed by atoms with Gasteiger partial charge >= 0.3 is 59.1 Å². The number of hydrogen-bond acceptors (Lipinski definition) is 10. The van der Waals surface area contributed by atoms with Gasteiger partial charge in [-0.15, -0.1) is 5.92 Å². The van der Waals surface area contributed by atoms with Gasteiger partial charge < -0.3 is 44.8 Å². The standard InChI is InChI=1S/C24H29N4O6S3.C4H7O.H3N.2Na/c1-14(2)23(30)28-37(33,34)22-13-20(27-24(35)25-15(3)4)11-9-18(22)7-6-17-8-10-19(26-16(5)29)12-21(17)36(31)32;1-4(2)3-5;;;/h6-15H,1-5H3,(H4,25,26,27,28,29,30,31,32,35);4H,1-2H3;1H3;;/q2*-1;;2*+1/p-1. The Bertz CT molecular complexity index is 1520. The molecule has 0 aliphatic carbocycles. The van der Waals surface area contributed by atoms with Crippen LogP contribution in [0.5, 0.6) is 0 Å². The summed E-state index contributed by atoms with van der Waals surface area (Å²) in [6.07, 6.45) is 4.60. The normalized spacial score (nSPS) is 10.6. The van der Waals surface area contributed by atoms with Gasteiger partial charge in [0.05, 0.1) is 10.8 Å². The molecule has 2 aromatic carbocycles. The molecule has 0 saturated carbocycles. The predicted molar refractivity (Wildman–Crippen MR) is 174 cm³/mol. The van der Waals surface area contributed by atoms with E-state index in [1.165, 1.54) is 63.3 Å². The number of nitrogens with one attached hydrogen (secondary N) is 3. The molecule has 238 valence electrons. The van der Waals surface area contributed by atoms with E-state index in [0.29, 0.717) is 11.4 Å². The van der Waals surface area contributed by atoms with E-state index in [1.807, 2.05) is 13.8 Å². The minimum absolute atomic E-state index is 0. The number of thiocarbonyl (C=S) groups is 1. The van der Waals surface area contributed by atoms with Crippen molar-refractivity contribution in [3.63, 3.8) is 0 Å². The third-order valence-electron chi connectivity index (χ3n) is 4.86. The first kappa shape index (κ1) is 47.7. The Kier molecular flexibility index (Phi) is 24.2. The van der Waals surface area contributed by atoms with E-state index in [0.717, 1.165) is 0 Å². The quantitative estimate of drug-likeness (QED) is 0.0807. The van der Waals surface area contributed by atoms with Crippen LogP contribution in [-0.4, -0.2) is 37.7 Å². The molecule has 6 N–H and O–H groups in total.